The largest absolute Gasteiger partial charge is 0.544 e. The van der Waals surface area contributed by atoms with Crippen LogP contribution in [0.3, 0.4) is 0 Å². The monoisotopic (exact) mass is 283 g/mol. The molecule has 2 aromatic carbocycles. The first-order valence-electron chi connectivity index (χ1n) is 7.27. The SMILES string of the molecule is Cc1ccccc1C[NH+](CCc1ccccc1)CC(=O)[O-]. The normalized spacial score (nSPS) is 12.0. The topological polar surface area (TPSA) is 44.6 Å². The van der Waals surface area contributed by atoms with Crippen molar-refractivity contribution >= 4 is 5.97 Å². The average molecular weight is 283 g/mol. The molecule has 3 heteroatoms. The molecule has 0 aromatic heterocycles. The Hall–Kier alpha value is -2.13. The maximum atomic E-state index is 11.0. The highest BCUT2D eigenvalue weighted by Crippen LogP contribution is 2.05. The van der Waals surface area contributed by atoms with Gasteiger partial charge in [-0.3, -0.25) is 0 Å². The van der Waals surface area contributed by atoms with Gasteiger partial charge in [-0.25, -0.2) is 0 Å². The van der Waals surface area contributed by atoms with Crippen LogP contribution in [0.4, 0.5) is 0 Å². The molecule has 0 aliphatic carbocycles. The second-order valence-electron chi connectivity index (χ2n) is 5.39. The summed E-state index contributed by atoms with van der Waals surface area (Å²) in [5, 5.41) is 11.0. The van der Waals surface area contributed by atoms with E-state index in [0.29, 0.717) is 6.54 Å². The van der Waals surface area contributed by atoms with E-state index in [4.69, 9.17) is 0 Å². The molecule has 0 aliphatic heterocycles. The van der Waals surface area contributed by atoms with Crippen LogP contribution in [0.2, 0.25) is 0 Å². The van der Waals surface area contributed by atoms with Gasteiger partial charge >= 0.3 is 0 Å². The summed E-state index contributed by atoms with van der Waals surface area (Å²) in [5.41, 5.74) is 3.63. The molecule has 0 saturated heterocycles. The van der Waals surface area contributed by atoms with E-state index in [-0.39, 0.29) is 6.54 Å². The van der Waals surface area contributed by atoms with E-state index in [1.54, 1.807) is 0 Å². The van der Waals surface area contributed by atoms with Crippen molar-refractivity contribution in [2.75, 3.05) is 13.1 Å². The Morgan fingerprint density at radius 2 is 1.71 bits per heavy atom. The van der Waals surface area contributed by atoms with Gasteiger partial charge in [0.05, 0.1) is 12.5 Å². The second kappa shape index (κ2) is 7.60. The Morgan fingerprint density at radius 3 is 2.38 bits per heavy atom. The minimum atomic E-state index is -0.994. The van der Waals surface area contributed by atoms with Crippen LogP contribution >= 0.6 is 0 Å². The molecule has 3 nitrogen and oxygen atoms in total. The molecule has 0 fully saturated rings. The van der Waals surface area contributed by atoms with Gasteiger partial charge < -0.3 is 14.8 Å². The molecule has 1 unspecified atom stereocenters. The molecule has 0 saturated carbocycles. The molecule has 0 heterocycles. The van der Waals surface area contributed by atoms with Gasteiger partial charge in [0.1, 0.15) is 13.1 Å². The third-order valence-electron chi connectivity index (χ3n) is 3.71. The van der Waals surface area contributed by atoms with Crippen molar-refractivity contribution in [1.29, 1.82) is 0 Å². The minimum absolute atomic E-state index is 0.0428. The molecule has 0 radical (unpaired) electrons. The van der Waals surface area contributed by atoms with Gasteiger partial charge in [-0.1, -0.05) is 54.6 Å². The van der Waals surface area contributed by atoms with Crippen LogP contribution in [0.1, 0.15) is 16.7 Å². The predicted molar refractivity (Wildman–Crippen MR) is 80.7 cm³/mol. The van der Waals surface area contributed by atoms with E-state index in [2.05, 4.69) is 31.2 Å². The van der Waals surface area contributed by atoms with Crippen LogP contribution in [0.5, 0.6) is 0 Å². The van der Waals surface area contributed by atoms with Gasteiger partial charge in [0.25, 0.3) is 0 Å². The van der Waals surface area contributed by atoms with Crippen molar-refractivity contribution in [2.45, 2.75) is 19.9 Å². The first kappa shape index (κ1) is 15.3. The number of carboxylic acids is 1. The zero-order valence-corrected chi connectivity index (χ0v) is 12.3. The highest BCUT2D eigenvalue weighted by atomic mass is 16.4. The molecule has 0 spiro atoms. The number of nitrogens with one attached hydrogen (secondary N) is 1. The number of hydrogen-bond acceptors (Lipinski definition) is 2. The fraction of sp³-hybridized carbons (Fsp3) is 0.278. The zero-order chi connectivity index (χ0) is 15.1. The van der Waals surface area contributed by atoms with E-state index < -0.39 is 5.97 Å². The number of rotatable bonds is 7. The third-order valence-corrected chi connectivity index (χ3v) is 3.71. The lowest BCUT2D eigenvalue weighted by Crippen LogP contribution is -3.12. The molecule has 0 aliphatic rings. The highest BCUT2D eigenvalue weighted by molar-refractivity contribution is 5.65. The van der Waals surface area contributed by atoms with Crippen molar-refractivity contribution in [3.63, 3.8) is 0 Å². The van der Waals surface area contributed by atoms with Crippen molar-refractivity contribution < 1.29 is 14.8 Å². The molecule has 2 aromatic rings. The quantitative estimate of drug-likeness (QED) is 0.798. The predicted octanol–water partition coefficient (Wildman–Crippen LogP) is 0.373. The number of aryl methyl sites for hydroxylation is 1. The molecule has 1 atom stereocenters. The number of benzene rings is 2. The van der Waals surface area contributed by atoms with Gasteiger partial charge in [0, 0.05) is 12.0 Å². The van der Waals surface area contributed by atoms with Crippen molar-refractivity contribution in [2.24, 2.45) is 0 Å². The molecule has 110 valence electrons. The van der Waals surface area contributed by atoms with Crippen LogP contribution in [0, 0.1) is 6.92 Å². The number of carbonyl (C=O) groups excluding carboxylic acids is 1. The Balaban J connectivity index is 2.01. The minimum Gasteiger partial charge on any atom is -0.544 e. The van der Waals surface area contributed by atoms with E-state index >= 15 is 0 Å². The molecule has 2 rings (SSSR count). The standard InChI is InChI=1S/C18H21NO2/c1-15-7-5-6-10-17(15)13-19(14-18(20)21)12-11-16-8-3-2-4-9-16/h2-10H,11-14H2,1H3,(H,20,21). The van der Waals surface area contributed by atoms with Gasteiger partial charge in [0.15, 0.2) is 0 Å². The summed E-state index contributed by atoms with van der Waals surface area (Å²) in [4.78, 5) is 12.0. The van der Waals surface area contributed by atoms with E-state index in [9.17, 15) is 9.90 Å². The van der Waals surface area contributed by atoms with Gasteiger partial charge in [-0.05, 0) is 18.1 Å². The average Bonchev–Trinajstić information content (AvgIpc) is 2.48. The van der Waals surface area contributed by atoms with Crippen LogP contribution < -0.4 is 10.0 Å². The van der Waals surface area contributed by atoms with Crippen LogP contribution in [0.25, 0.3) is 0 Å². The maximum Gasteiger partial charge on any atom is 0.118 e. The Bertz CT molecular complexity index is 581. The zero-order valence-electron chi connectivity index (χ0n) is 12.3. The smallest absolute Gasteiger partial charge is 0.118 e. The van der Waals surface area contributed by atoms with Crippen LogP contribution in [-0.4, -0.2) is 19.1 Å². The van der Waals surface area contributed by atoms with E-state index in [1.807, 2.05) is 30.3 Å². The van der Waals surface area contributed by atoms with Gasteiger partial charge in [-0.2, -0.15) is 0 Å². The summed E-state index contributed by atoms with van der Waals surface area (Å²) < 4.78 is 0. The Kier molecular flexibility index (Phi) is 5.52. The lowest BCUT2D eigenvalue weighted by atomic mass is 10.1. The summed E-state index contributed by atoms with van der Waals surface area (Å²) in [6.45, 7) is 3.60. The number of hydrogen-bond donors (Lipinski definition) is 1. The number of aliphatic carboxylic acids is 1. The summed E-state index contributed by atoms with van der Waals surface area (Å²) in [5.74, 6) is -0.994. The molecular formula is C18H21NO2. The summed E-state index contributed by atoms with van der Waals surface area (Å²) in [6.07, 6.45) is 0.870. The molecule has 21 heavy (non-hydrogen) atoms. The van der Waals surface area contributed by atoms with Crippen molar-refractivity contribution in [3.05, 3.63) is 71.3 Å². The second-order valence-corrected chi connectivity index (χ2v) is 5.39. The Morgan fingerprint density at radius 1 is 1.05 bits per heavy atom. The summed E-state index contributed by atoms with van der Waals surface area (Å²) in [6, 6.07) is 18.3. The first-order valence-corrected chi connectivity index (χ1v) is 7.27. The number of carbonyl (C=O) groups is 1. The summed E-state index contributed by atoms with van der Waals surface area (Å²) >= 11 is 0. The van der Waals surface area contributed by atoms with Crippen LogP contribution in [0.15, 0.2) is 54.6 Å². The summed E-state index contributed by atoms with van der Waals surface area (Å²) in [7, 11) is 0. The van der Waals surface area contributed by atoms with Gasteiger partial charge in [-0.15, -0.1) is 0 Å². The Labute approximate surface area is 125 Å². The van der Waals surface area contributed by atoms with Crippen molar-refractivity contribution in [3.8, 4) is 0 Å². The molecule has 0 amide bonds. The van der Waals surface area contributed by atoms with E-state index in [0.717, 1.165) is 17.9 Å². The number of quaternary nitrogens is 1. The molecule has 1 N–H and O–H groups in total. The first-order chi connectivity index (χ1) is 10.1. The maximum absolute atomic E-state index is 11.0. The number of carboxylic acid groups (broad SMARTS) is 1. The fourth-order valence-corrected chi connectivity index (χ4v) is 2.49. The third kappa shape index (κ3) is 5.04. The molecular weight excluding hydrogens is 262 g/mol. The lowest BCUT2D eigenvalue weighted by molar-refractivity contribution is -0.908. The fourth-order valence-electron chi connectivity index (χ4n) is 2.49. The van der Waals surface area contributed by atoms with Crippen molar-refractivity contribution in [1.82, 2.24) is 0 Å². The molecule has 0 bridgehead atoms. The lowest BCUT2D eigenvalue weighted by Gasteiger charge is -2.21. The van der Waals surface area contributed by atoms with E-state index in [1.165, 1.54) is 16.7 Å². The van der Waals surface area contributed by atoms with Gasteiger partial charge in [0.2, 0.25) is 0 Å². The highest BCUT2D eigenvalue weighted by Gasteiger charge is 2.11. The van der Waals surface area contributed by atoms with Crippen LogP contribution in [-0.2, 0) is 17.8 Å².